The number of anilines is 2. The van der Waals surface area contributed by atoms with Gasteiger partial charge in [-0.1, -0.05) is 59.5 Å². The van der Waals surface area contributed by atoms with Crippen molar-refractivity contribution in [3.63, 3.8) is 0 Å². The van der Waals surface area contributed by atoms with Crippen LogP contribution in [0.25, 0.3) is 0 Å². The van der Waals surface area contributed by atoms with E-state index in [4.69, 9.17) is 9.47 Å². The number of fused-ring (bicyclic) bond motifs is 2. The summed E-state index contributed by atoms with van der Waals surface area (Å²) in [6.07, 6.45) is 0. The molecule has 2 aliphatic rings. The summed E-state index contributed by atoms with van der Waals surface area (Å²) in [5.74, 6) is -1.35. The number of benzene rings is 3. The summed E-state index contributed by atoms with van der Waals surface area (Å²) in [4.78, 5) is 55.7. The molecule has 1 aromatic heterocycles. The van der Waals surface area contributed by atoms with E-state index in [1.165, 1.54) is 21.2 Å². The van der Waals surface area contributed by atoms with Crippen molar-refractivity contribution < 1.29 is 23.9 Å². The van der Waals surface area contributed by atoms with Crippen molar-refractivity contribution in [2.24, 2.45) is 5.92 Å². The summed E-state index contributed by atoms with van der Waals surface area (Å²) in [5.41, 5.74) is 1.75. The van der Waals surface area contributed by atoms with Gasteiger partial charge >= 0.3 is 4.87 Å². The van der Waals surface area contributed by atoms with Crippen LogP contribution >= 0.6 is 23.1 Å². The number of para-hydroxylation sites is 2. The van der Waals surface area contributed by atoms with Crippen LogP contribution in [0.3, 0.4) is 0 Å². The quantitative estimate of drug-likeness (QED) is 0.320. The van der Waals surface area contributed by atoms with Gasteiger partial charge in [0.1, 0.15) is 23.3 Å². The standard InChI is InChI=1S/C30H25N3O6S2/c1-38-19-14-12-18(13-15-19)33-27(35)24-23(20-10-6-7-11-21(20)39-2)26-29(40-25(24)28(33)36)32(30(37)41-26)16-22(34)31-17-8-4-3-5-9-17/h3-15,23-25H,16H2,1-2H3,(H,31,34)/t23-,24-,25+/m0/s1. The first-order chi connectivity index (χ1) is 19.9. The Labute approximate surface area is 243 Å². The number of carbonyl (C=O) groups excluding carboxylic acids is 3. The van der Waals surface area contributed by atoms with E-state index in [1.807, 2.05) is 24.3 Å². The number of methoxy groups -OCH3 is 2. The van der Waals surface area contributed by atoms with Crippen LogP contribution in [0.1, 0.15) is 16.4 Å². The monoisotopic (exact) mass is 587 g/mol. The van der Waals surface area contributed by atoms with Gasteiger partial charge in [0.05, 0.1) is 30.9 Å². The zero-order valence-electron chi connectivity index (χ0n) is 22.1. The molecule has 1 fully saturated rings. The van der Waals surface area contributed by atoms with Crippen molar-refractivity contribution in [2.45, 2.75) is 22.7 Å². The zero-order valence-corrected chi connectivity index (χ0v) is 23.7. The Bertz CT molecular complexity index is 1700. The second kappa shape index (κ2) is 10.9. The van der Waals surface area contributed by atoms with Gasteiger partial charge in [0.15, 0.2) is 0 Å². The van der Waals surface area contributed by atoms with E-state index in [0.29, 0.717) is 38.3 Å². The van der Waals surface area contributed by atoms with E-state index in [2.05, 4.69) is 5.32 Å². The molecule has 0 aliphatic carbocycles. The first-order valence-corrected chi connectivity index (χ1v) is 14.5. The molecule has 3 heterocycles. The van der Waals surface area contributed by atoms with E-state index in [9.17, 15) is 19.2 Å². The van der Waals surface area contributed by atoms with E-state index < -0.39 is 17.1 Å². The third-order valence-corrected chi connectivity index (χ3v) is 9.82. The minimum Gasteiger partial charge on any atom is -0.497 e. The van der Waals surface area contributed by atoms with Gasteiger partial charge in [0, 0.05) is 22.0 Å². The highest BCUT2D eigenvalue weighted by atomic mass is 32.2. The lowest BCUT2D eigenvalue weighted by Crippen LogP contribution is -2.33. The number of hydrogen-bond acceptors (Lipinski definition) is 8. The molecule has 3 atom stereocenters. The lowest BCUT2D eigenvalue weighted by Gasteiger charge is -2.31. The van der Waals surface area contributed by atoms with Crippen molar-refractivity contribution in [3.05, 3.63) is 99.0 Å². The van der Waals surface area contributed by atoms with E-state index in [-0.39, 0.29) is 29.1 Å². The largest absolute Gasteiger partial charge is 0.497 e. The second-order valence-electron chi connectivity index (χ2n) is 9.53. The molecule has 9 nitrogen and oxygen atoms in total. The molecule has 41 heavy (non-hydrogen) atoms. The molecule has 1 N–H and O–H groups in total. The molecule has 3 amide bonds. The Hall–Kier alpha value is -4.35. The van der Waals surface area contributed by atoms with Gasteiger partial charge in [0.2, 0.25) is 17.7 Å². The molecule has 6 rings (SSSR count). The Morgan fingerprint density at radius 3 is 2.29 bits per heavy atom. The van der Waals surface area contributed by atoms with Crippen LogP contribution in [0.5, 0.6) is 11.5 Å². The van der Waals surface area contributed by atoms with Gasteiger partial charge in [-0.05, 0) is 42.5 Å². The van der Waals surface area contributed by atoms with Crippen LogP contribution in [0, 0.1) is 5.92 Å². The molecule has 4 aromatic rings. The summed E-state index contributed by atoms with van der Waals surface area (Å²) in [6, 6.07) is 23.0. The summed E-state index contributed by atoms with van der Waals surface area (Å²) in [7, 11) is 3.09. The van der Waals surface area contributed by atoms with Gasteiger partial charge in [-0.25, -0.2) is 4.90 Å². The van der Waals surface area contributed by atoms with Crippen molar-refractivity contribution in [2.75, 3.05) is 24.4 Å². The predicted octanol–water partition coefficient (Wildman–Crippen LogP) is 4.36. The number of imide groups is 1. The van der Waals surface area contributed by atoms with Crippen molar-refractivity contribution >= 4 is 52.2 Å². The van der Waals surface area contributed by atoms with Crippen LogP contribution in [0.15, 0.2) is 88.7 Å². The smallest absolute Gasteiger partial charge is 0.308 e. The Morgan fingerprint density at radius 1 is 0.878 bits per heavy atom. The normalized spacial score (nSPS) is 19.5. The second-order valence-corrected chi connectivity index (χ2v) is 11.7. The minimum atomic E-state index is -0.801. The van der Waals surface area contributed by atoms with Gasteiger partial charge in [-0.2, -0.15) is 0 Å². The van der Waals surface area contributed by atoms with Crippen LogP contribution in [-0.4, -0.2) is 41.8 Å². The fourth-order valence-electron chi connectivity index (χ4n) is 5.37. The maximum atomic E-state index is 14.0. The van der Waals surface area contributed by atoms with E-state index >= 15 is 0 Å². The summed E-state index contributed by atoms with van der Waals surface area (Å²) < 4.78 is 12.3. The molecule has 11 heteroatoms. The van der Waals surface area contributed by atoms with E-state index in [0.717, 1.165) is 11.3 Å². The maximum Gasteiger partial charge on any atom is 0.308 e. The highest BCUT2D eigenvalue weighted by molar-refractivity contribution is 8.00. The molecule has 0 unspecified atom stereocenters. The van der Waals surface area contributed by atoms with Crippen molar-refractivity contribution in [3.8, 4) is 11.5 Å². The Kier molecular flexibility index (Phi) is 7.14. The minimum absolute atomic E-state index is 0.229. The molecule has 0 saturated carbocycles. The van der Waals surface area contributed by atoms with Gasteiger partial charge in [-0.15, -0.1) is 0 Å². The first-order valence-electron chi connectivity index (χ1n) is 12.8. The number of amides is 3. The molecule has 0 bridgehead atoms. The molecular weight excluding hydrogens is 562 g/mol. The van der Waals surface area contributed by atoms with Gasteiger partial charge < -0.3 is 14.8 Å². The highest BCUT2D eigenvalue weighted by Gasteiger charge is 2.57. The van der Waals surface area contributed by atoms with Crippen LogP contribution < -0.4 is 24.6 Å². The first kappa shape index (κ1) is 26.9. The zero-order chi connectivity index (χ0) is 28.7. The average Bonchev–Trinajstić information content (AvgIpc) is 3.43. The molecule has 0 spiro atoms. The summed E-state index contributed by atoms with van der Waals surface area (Å²) >= 11 is 2.16. The summed E-state index contributed by atoms with van der Waals surface area (Å²) in [5, 5.41) is 2.52. The molecular formula is C30H25N3O6S2. The van der Waals surface area contributed by atoms with Crippen LogP contribution in [0.2, 0.25) is 0 Å². The van der Waals surface area contributed by atoms with Crippen LogP contribution in [0.4, 0.5) is 11.4 Å². The Morgan fingerprint density at radius 2 is 1.59 bits per heavy atom. The number of ether oxygens (including phenoxy) is 2. The fraction of sp³-hybridized carbons (Fsp3) is 0.200. The number of aromatic nitrogens is 1. The molecule has 2 aliphatic heterocycles. The maximum absolute atomic E-state index is 14.0. The van der Waals surface area contributed by atoms with Crippen LogP contribution in [-0.2, 0) is 20.9 Å². The summed E-state index contributed by atoms with van der Waals surface area (Å²) in [6.45, 7) is -0.229. The third kappa shape index (κ3) is 4.70. The average molecular weight is 588 g/mol. The molecule has 3 aromatic carbocycles. The van der Waals surface area contributed by atoms with Gasteiger partial charge in [-0.3, -0.25) is 23.7 Å². The fourth-order valence-corrected chi connectivity index (χ4v) is 8.13. The van der Waals surface area contributed by atoms with E-state index in [1.54, 1.807) is 68.8 Å². The number of thioether (sulfide) groups is 1. The predicted molar refractivity (Wildman–Crippen MR) is 157 cm³/mol. The molecule has 0 radical (unpaired) electrons. The topological polar surface area (TPSA) is 107 Å². The Balaban J connectivity index is 1.43. The van der Waals surface area contributed by atoms with Gasteiger partial charge in [0.25, 0.3) is 0 Å². The lowest BCUT2D eigenvalue weighted by atomic mass is 9.82. The van der Waals surface area contributed by atoms with Crippen molar-refractivity contribution in [1.82, 2.24) is 4.57 Å². The molecule has 208 valence electrons. The number of hydrogen-bond donors (Lipinski definition) is 1. The highest BCUT2D eigenvalue weighted by Crippen LogP contribution is 2.55. The lowest BCUT2D eigenvalue weighted by molar-refractivity contribution is -0.122. The number of thiazole rings is 1. The SMILES string of the molecule is COc1ccc(N2C(=O)[C@H]3[C@H](c4ccccc4OC)c4sc(=O)n(CC(=O)Nc5ccccc5)c4S[C@H]3C2=O)cc1. The number of nitrogens with one attached hydrogen (secondary N) is 1. The number of carbonyl (C=O) groups is 3. The number of nitrogens with zero attached hydrogens (tertiary/aromatic N) is 2. The third-order valence-electron chi connectivity index (χ3n) is 7.21. The van der Waals surface area contributed by atoms with Crippen molar-refractivity contribution in [1.29, 1.82) is 0 Å². The molecule has 1 saturated heterocycles. The number of rotatable bonds is 7.